The molecule has 0 unspecified atom stereocenters. The van der Waals surface area contributed by atoms with E-state index in [1.54, 1.807) is 30.3 Å². The van der Waals surface area contributed by atoms with Crippen molar-refractivity contribution in [3.8, 4) is 0 Å². The van der Waals surface area contributed by atoms with Gasteiger partial charge in [-0.1, -0.05) is 24.6 Å². The molecule has 1 aromatic carbocycles. The first-order valence-corrected chi connectivity index (χ1v) is 5.92. The van der Waals surface area contributed by atoms with E-state index in [2.05, 4.69) is 0 Å². The van der Waals surface area contributed by atoms with E-state index in [0.29, 0.717) is 18.5 Å². The Kier molecular flexibility index (Phi) is 6.04. The predicted octanol–water partition coefficient (Wildman–Crippen LogP) is 0.826. The number of nitrogens with two attached hydrogens (primary N) is 2. The Morgan fingerprint density at radius 2 is 1.83 bits per heavy atom. The molecule has 1 aromatic rings. The number of carbonyl (C=O) groups is 2. The number of rotatable bonds is 6. The fraction of sp³-hybridized carbons (Fsp3) is 0.385. The van der Waals surface area contributed by atoms with E-state index in [-0.39, 0.29) is 0 Å². The zero-order valence-electron chi connectivity index (χ0n) is 10.2. The molecular formula is C13H18N2O3. The van der Waals surface area contributed by atoms with Gasteiger partial charge in [0.15, 0.2) is 0 Å². The summed E-state index contributed by atoms with van der Waals surface area (Å²) in [6.07, 6.45) is 2.01. The molecule has 1 atom stereocenters. The molecular weight excluding hydrogens is 232 g/mol. The summed E-state index contributed by atoms with van der Waals surface area (Å²) in [5, 5.41) is 0. The number of hydrogen-bond donors (Lipinski definition) is 2. The monoisotopic (exact) mass is 250 g/mol. The zero-order chi connectivity index (χ0) is 13.4. The summed E-state index contributed by atoms with van der Waals surface area (Å²) in [6, 6.07) is 7.55. The van der Waals surface area contributed by atoms with Gasteiger partial charge in [0.2, 0.25) is 0 Å². The van der Waals surface area contributed by atoms with E-state index >= 15 is 0 Å². The number of esters is 2. The smallest absolute Gasteiger partial charge is 0.345 e. The van der Waals surface area contributed by atoms with Gasteiger partial charge in [0.05, 0.1) is 5.56 Å². The summed E-state index contributed by atoms with van der Waals surface area (Å²) < 4.78 is 4.69. The molecule has 0 aromatic heterocycles. The molecule has 0 bridgehead atoms. The van der Waals surface area contributed by atoms with Gasteiger partial charge in [0.1, 0.15) is 6.04 Å². The summed E-state index contributed by atoms with van der Waals surface area (Å²) in [5.41, 5.74) is 11.3. The van der Waals surface area contributed by atoms with E-state index in [1.165, 1.54) is 0 Å². The SMILES string of the molecule is NCCCC[C@H](N)C(=O)OC(=O)c1ccccc1. The van der Waals surface area contributed by atoms with Crippen LogP contribution in [0.4, 0.5) is 0 Å². The van der Waals surface area contributed by atoms with Crippen LogP contribution in [-0.2, 0) is 9.53 Å². The fourth-order valence-corrected chi connectivity index (χ4v) is 1.43. The Balaban J connectivity index is 2.42. The van der Waals surface area contributed by atoms with Crippen LogP contribution < -0.4 is 11.5 Å². The lowest BCUT2D eigenvalue weighted by atomic mass is 10.1. The molecule has 4 N–H and O–H groups in total. The number of ether oxygens (including phenoxy) is 1. The average molecular weight is 250 g/mol. The van der Waals surface area contributed by atoms with E-state index in [4.69, 9.17) is 16.2 Å². The van der Waals surface area contributed by atoms with Gasteiger partial charge in [-0.2, -0.15) is 0 Å². The highest BCUT2D eigenvalue weighted by atomic mass is 16.6. The van der Waals surface area contributed by atoms with Crippen LogP contribution in [0.15, 0.2) is 30.3 Å². The minimum atomic E-state index is -0.774. The molecule has 0 aliphatic rings. The molecule has 5 heteroatoms. The van der Waals surface area contributed by atoms with Gasteiger partial charge in [-0.05, 0) is 31.5 Å². The molecule has 0 saturated carbocycles. The first-order chi connectivity index (χ1) is 8.65. The lowest BCUT2D eigenvalue weighted by Gasteiger charge is -2.09. The highest BCUT2D eigenvalue weighted by molar-refractivity contribution is 5.97. The third-order valence-electron chi connectivity index (χ3n) is 2.47. The third-order valence-corrected chi connectivity index (χ3v) is 2.47. The van der Waals surface area contributed by atoms with Crippen LogP contribution in [0.1, 0.15) is 29.6 Å². The second-order valence-corrected chi connectivity index (χ2v) is 3.97. The van der Waals surface area contributed by atoms with E-state index in [1.807, 2.05) is 0 Å². The molecule has 0 aliphatic carbocycles. The minimum absolute atomic E-state index is 0.333. The number of unbranched alkanes of at least 4 members (excludes halogenated alkanes) is 1. The second kappa shape index (κ2) is 7.58. The van der Waals surface area contributed by atoms with Crippen molar-refractivity contribution in [2.45, 2.75) is 25.3 Å². The van der Waals surface area contributed by atoms with Gasteiger partial charge in [-0.15, -0.1) is 0 Å². The molecule has 0 fully saturated rings. The molecule has 5 nitrogen and oxygen atoms in total. The molecule has 0 radical (unpaired) electrons. The van der Waals surface area contributed by atoms with E-state index in [0.717, 1.165) is 12.8 Å². The van der Waals surface area contributed by atoms with Gasteiger partial charge in [-0.25, -0.2) is 9.59 Å². The minimum Gasteiger partial charge on any atom is -0.388 e. The molecule has 0 heterocycles. The Labute approximate surface area is 106 Å². The molecule has 1 rings (SSSR count). The zero-order valence-corrected chi connectivity index (χ0v) is 10.2. The van der Waals surface area contributed by atoms with Crippen molar-refractivity contribution in [3.63, 3.8) is 0 Å². The molecule has 0 aliphatic heterocycles. The van der Waals surface area contributed by atoms with E-state index < -0.39 is 18.0 Å². The summed E-state index contributed by atoms with van der Waals surface area (Å²) in [4.78, 5) is 23.1. The second-order valence-electron chi connectivity index (χ2n) is 3.97. The quantitative estimate of drug-likeness (QED) is 0.443. The van der Waals surface area contributed by atoms with Crippen LogP contribution in [0.2, 0.25) is 0 Å². The van der Waals surface area contributed by atoms with Crippen molar-refractivity contribution in [1.82, 2.24) is 0 Å². The van der Waals surface area contributed by atoms with Crippen molar-refractivity contribution < 1.29 is 14.3 Å². The standard InChI is InChI=1S/C13H18N2O3/c14-9-5-4-8-11(15)13(17)18-12(16)10-6-2-1-3-7-10/h1-3,6-7,11H,4-5,8-9,14-15H2/t11-/m0/s1. The highest BCUT2D eigenvalue weighted by Gasteiger charge is 2.19. The summed E-state index contributed by atoms with van der Waals surface area (Å²) in [5.74, 6) is -1.37. The Morgan fingerprint density at radius 3 is 2.44 bits per heavy atom. The maximum atomic E-state index is 11.6. The topological polar surface area (TPSA) is 95.4 Å². The van der Waals surface area contributed by atoms with Crippen molar-refractivity contribution >= 4 is 11.9 Å². The first kappa shape index (κ1) is 14.3. The Hall–Kier alpha value is -1.72. The van der Waals surface area contributed by atoms with Crippen LogP contribution >= 0.6 is 0 Å². The third kappa shape index (κ3) is 4.65. The maximum absolute atomic E-state index is 11.6. The van der Waals surface area contributed by atoms with Crippen LogP contribution in [0.25, 0.3) is 0 Å². The number of benzene rings is 1. The van der Waals surface area contributed by atoms with Gasteiger partial charge in [-0.3, -0.25) is 0 Å². The number of carbonyl (C=O) groups excluding carboxylic acids is 2. The predicted molar refractivity (Wildman–Crippen MR) is 67.7 cm³/mol. The average Bonchev–Trinajstić information content (AvgIpc) is 2.39. The highest BCUT2D eigenvalue weighted by Crippen LogP contribution is 2.04. The van der Waals surface area contributed by atoms with Gasteiger partial charge >= 0.3 is 11.9 Å². The maximum Gasteiger partial charge on any atom is 0.345 e. The van der Waals surface area contributed by atoms with Crippen molar-refractivity contribution in [1.29, 1.82) is 0 Å². The van der Waals surface area contributed by atoms with Crippen LogP contribution in [-0.4, -0.2) is 24.5 Å². The Bertz CT molecular complexity index is 392. The molecule has 0 spiro atoms. The molecule has 0 saturated heterocycles. The van der Waals surface area contributed by atoms with Crippen LogP contribution in [0.3, 0.4) is 0 Å². The van der Waals surface area contributed by atoms with Crippen LogP contribution in [0, 0.1) is 0 Å². The molecule has 0 amide bonds. The van der Waals surface area contributed by atoms with E-state index in [9.17, 15) is 9.59 Å². The lowest BCUT2D eigenvalue weighted by Crippen LogP contribution is -2.33. The van der Waals surface area contributed by atoms with Crippen molar-refractivity contribution in [2.24, 2.45) is 11.5 Å². The lowest BCUT2D eigenvalue weighted by molar-refractivity contribution is -0.139. The largest absolute Gasteiger partial charge is 0.388 e. The summed E-state index contributed by atoms with van der Waals surface area (Å²) >= 11 is 0. The summed E-state index contributed by atoms with van der Waals surface area (Å²) in [6.45, 7) is 0.560. The van der Waals surface area contributed by atoms with Gasteiger partial charge < -0.3 is 16.2 Å². The van der Waals surface area contributed by atoms with Crippen molar-refractivity contribution in [2.75, 3.05) is 6.54 Å². The number of hydrogen-bond acceptors (Lipinski definition) is 5. The fourth-order valence-electron chi connectivity index (χ4n) is 1.43. The van der Waals surface area contributed by atoms with Crippen molar-refractivity contribution in [3.05, 3.63) is 35.9 Å². The normalized spacial score (nSPS) is 11.9. The Morgan fingerprint density at radius 1 is 1.17 bits per heavy atom. The van der Waals surface area contributed by atoms with Gasteiger partial charge in [0, 0.05) is 0 Å². The van der Waals surface area contributed by atoms with Crippen LogP contribution in [0.5, 0.6) is 0 Å². The first-order valence-electron chi connectivity index (χ1n) is 5.92. The molecule has 98 valence electrons. The van der Waals surface area contributed by atoms with Gasteiger partial charge in [0.25, 0.3) is 0 Å². The summed E-state index contributed by atoms with van der Waals surface area (Å²) in [7, 11) is 0. The molecule has 18 heavy (non-hydrogen) atoms.